The first-order chi connectivity index (χ1) is 12.3. The van der Waals surface area contributed by atoms with Crippen molar-refractivity contribution in [1.82, 2.24) is 0 Å². The van der Waals surface area contributed by atoms with E-state index in [1.807, 2.05) is 0 Å². The first-order valence-electron chi connectivity index (χ1n) is 10.2. The Morgan fingerprint density at radius 1 is 0.808 bits per heavy atom. The number of hydrogen-bond acceptors (Lipinski definition) is 0. The van der Waals surface area contributed by atoms with Gasteiger partial charge in [0.25, 0.3) is 0 Å². The van der Waals surface area contributed by atoms with Gasteiger partial charge in [0.15, 0.2) is 0 Å². The van der Waals surface area contributed by atoms with Crippen molar-refractivity contribution in [1.29, 1.82) is 0 Å². The zero-order valence-electron chi connectivity index (χ0n) is 15.4. The first-order valence-corrected chi connectivity index (χ1v) is 10.2. The molecule has 3 aliphatic carbocycles. The van der Waals surface area contributed by atoms with Gasteiger partial charge in [0.05, 0.1) is 5.56 Å². The van der Waals surface area contributed by atoms with Crippen molar-refractivity contribution in [3.63, 3.8) is 0 Å². The minimum atomic E-state index is -4.60. The summed E-state index contributed by atoms with van der Waals surface area (Å²) < 4.78 is 52.8. The summed E-state index contributed by atoms with van der Waals surface area (Å²) >= 11 is 0. The molecule has 0 spiro atoms. The number of hydrogen-bond donors (Lipinski definition) is 0. The maximum Gasteiger partial charge on any atom is 0.419 e. The molecule has 0 radical (unpaired) electrons. The molecule has 2 fully saturated rings. The molecule has 0 heterocycles. The standard InChI is InChI=1S/C22H28F4/c1-13-2-3-15-9-16(5-4-14(15)8-13)17-6-7-18-11-20(22(24,25)26)21(23)12-19(18)10-17/h11-17H,2-10H2,1H3. The highest BCUT2D eigenvalue weighted by molar-refractivity contribution is 5.36. The molecule has 0 nitrogen and oxygen atoms in total. The lowest BCUT2D eigenvalue weighted by Gasteiger charge is -2.44. The lowest BCUT2D eigenvalue weighted by molar-refractivity contribution is -0.140. The molecule has 2 saturated carbocycles. The van der Waals surface area contributed by atoms with Gasteiger partial charge in [-0.15, -0.1) is 0 Å². The summed E-state index contributed by atoms with van der Waals surface area (Å²) in [5.41, 5.74) is 0.410. The van der Waals surface area contributed by atoms with Crippen molar-refractivity contribution >= 4 is 0 Å². The fraction of sp³-hybridized carbons (Fsp3) is 0.727. The van der Waals surface area contributed by atoms with E-state index < -0.39 is 17.6 Å². The molecule has 0 aromatic heterocycles. The summed E-state index contributed by atoms with van der Waals surface area (Å²) in [5.74, 6) is 2.66. The molecule has 3 aliphatic rings. The van der Waals surface area contributed by atoms with Crippen LogP contribution < -0.4 is 0 Å². The third-order valence-corrected chi connectivity index (χ3v) is 7.44. The molecule has 5 unspecified atom stereocenters. The van der Waals surface area contributed by atoms with Gasteiger partial charge >= 0.3 is 6.18 Å². The highest BCUT2D eigenvalue weighted by Crippen LogP contribution is 2.48. The average Bonchev–Trinajstić information content (AvgIpc) is 2.59. The second-order valence-corrected chi connectivity index (χ2v) is 9.11. The molecule has 0 aliphatic heterocycles. The Labute approximate surface area is 153 Å². The van der Waals surface area contributed by atoms with Crippen LogP contribution in [0.1, 0.15) is 68.6 Å². The van der Waals surface area contributed by atoms with E-state index in [0.29, 0.717) is 23.8 Å². The van der Waals surface area contributed by atoms with Gasteiger partial charge in [-0.05, 0) is 104 Å². The molecule has 0 amide bonds. The summed E-state index contributed by atoms with van der Waals surface area (Å²) in [7, 11) is 0. The molecule has 4 rings (SSSR count). The second-order valence-electron chi connectivity index (χ2n) is 9.11. The number of benzene rings is 1. The van der Waals surface area contributed by atoms with Crippen LogP contribution in [-0.4, -0.2) is 0 Å². The minimum Gasteiger partial charge on any atom is -0.206 e. The highest BCUT2D eigenvalue weighted by Gasteiger charge is 2.39. The third-order valence-electron chi connectivity index (χ3n) is 7.44. The zero-order chi connectivity index (χ0) is 18.5. The van der Waals surface area contributed by atoms with E-state index in [1.54, 1.807) is 0 Å². The number of alkyl halides is 3. The third kappa shape index (κ3) is 3.53. The summed E-state index contributed by atoms with van der Waals surface area (Å²) in [6, 6.07) is 2.22. The highest BCUT2D eigenvalue weighted by atomic mass is 19.4. The van der Waals surface area contributed by atoms with Gasteiger partial charge in [-0.3, -0.25) is 0 Å². The van der Waals surface area contributed by atoms with Crippen molar-refractivity contribution in [2.45, 2.75) is 70.9 Å². The molecule has 0 saturated heterocycles. The summed E-state index contributed by atoms with van der Waals surface area (Å²) in [4.78, 5) is 0. The Morgan fingerprint density at radius 3 is 2.19 bits per heavy atom. The Bertz CT molecular complexity index is 663. The normalized spacial score (nSPS) is 34.9. The van der Waals surface area contributed by atoms with Gasteiger partial charge in [-0.2, -0.15) is 13.2 Å². The van der Waals surface area contributed by atoms with Crippen LogP contribution in [0.15, 0.2) is 12.1 Å². The predicted molar refractivity (Wildman–Crippen MR) is 94.3 cm³/mol. The SMILES string of the molecule is CC1CCC2CC(C3CCc4cc(C(F)(F)F)c(F)cc4C3)CCC2C1. The van der Waals surface area contributed by atoms with Gasteiger partial charge in [0.2, 0.25) is 0 Å². The van der Waals surface area contributed by atoms with Gasteiger partial charge < -0.3 is 0 Å². The summed E-state index contributed by atoms with van der Waals surface area (Å²) in [6.45, 7) is 2.37. The van der Waals surface area contributed by atoms with E-state index >= 15 is 0 Å². The van der Waals surface area contributed by atoms with Crippen molar-refractivity contribution < 1.29 is 17.6 Å². The Kier molecular flexibility index (Phi) is 4.81. The molecule has 26 heavy (non-hydrogen) atoms. The van der Waals surface area contributed by atoms with E-state index in [1.165, 1.54) is 38.5 Å². The predicted octanol–water partition coefficient (Wildman–Crippen LogP) is 6.80. The van der Waals surface area contributed by atoms with Gasteiger partial charge in [-0.1, -0.05) is 13.3 Å². The van der Waals surface area contributed by atoms with Crippen LogP contribution in [0.4, 0.5) is 17.6 Å². The van der Waals surface area contributed by atoms with Crippen LogP contribution in [0.2, 0.25) is 0 Å². The molecule has 0 N–H and O–H groups in total. The zero-order valence-corrected chi connectivity index (χ0v) is 15.4. The molecular formula is C22H28F4. The Morgan fingerprint density at radius 2 is 1.46 bits per heavy atom. The largest absolute Gasteiger partial charge is 0.419 e. The van der Waals surface area contributed by atoms with E-state index in [-0.39, 0.29) is 0 Å². The Balaban J connectivity index is 1.46. The van der Waals surface area contributed by atoms with Gasteiger partial charge in [-0.25, -0.2) is 4.39 Å². The number of aryl methyl sites for hydroxylation is 1. The van der Waals surface area contributed by atoms with Crippen LogP contribution in [-0.2, 0) is 19.0 Å². The fourth-order valence-corrected chi connectivity index (χ4v) is 6.02. The second kappa shape index (κ2) is 6.83. The Hall–Kier alpha value is -1.06. The van der Waals surface area contributed by atoms with Crippen molar-refractivity contribution in [2.75, 3.05) is 0 Å². The molecule has 1 aromatic rings. The summed E-state index contributed by atoms with van der Waals surface area (Å²) in [6.07, 6.45) is 5.65. The van der Waals surface area contributed by atoms with Crippen molar-refractivity contribution in [2.24, 2.45) is 29.6 Å². The van der Waals surface area contributed by atoms with Crippen LogP contribution in [0.5, 0.6) is 0 Å². The van der Waals surface area contributed by atoms with Gasteiger partial charge in [0, 0.05) is 0 Å². The van der Waals surface area contributed by atoms with Crippen LogP contribution in [0, 0.1) is 35.4 Å². The first kappa shape index (κ1) is 18.3. The molecular weight excluding hydrogens is 340 g/mol. The maximum absolute atomic E-state index is 14.0. The van der Waals surface area contributed by atoms with Crippen LogP contribution in [0.25, 0.3) is 0 Å². The number of fused-ring (bicyclic) bond motifs is 2. The molecule has 144 valence electrons. The monoisotopic (exact) mass is 368 g/mol. The van der Waals surface area contributed by atoms with E-state index in [2.05, 4.69) is 6.92 Å². The summed E-state index contributed by atoms with van der Waals surface area (Å²) in [5, 5.41) is 0. The quantitative estimate of drug-likeness (QED) is 0.478. The molecule has 5 atom stereocenters. The van der Waals surface area contributed by atoms with E-state index in [9.17, 15) is 17.6 Å². The lowest BCUT2D eigenvalue weighted by Crippen LogP contribution is -2.34. The van der Waals surface area contributed by atoms with Gasteiger partial charge in [0.1, 0.15) is 5.82 Å². The fourth-order valence-electron chi connectivity index (χ4n) is 6.02. The lowest BCUT2D eigenvalue weighted by atomic mass is 9.61. The topological polar surface area (TPSA) is 0 Å². The maximum atomic E-state index is 14.0. The van der Waals surface area contributed by atoms with Crippen molar-refractivity contribution in [3.8, 4) is 0 Å². The van der Waals surface area contributed by atoms with E-state index in [0.717, 1.165) is 48.3 Å². The molecule has 4 heteroatoms. The number of rotatable bonds is 1. The van der Waals surface area contributed by atoms with Crippen molar-refractivity contribution in [3.05, 3.63) is 34.6 Å². The average molecular weight is 368 g/mol. The van der Waals surface area contributed by atoms with Crippen LogP contribution >= 0.6 is 0 Å². The number of halogens is 4. The molecule has 0 bridgehead atoms. The van der Waals surface area contributed by atoms with Crippen LogP contribution in [0.3, 0.4) is 0 Å². The minimum absolute atomic E-state index is 0.513. The smallest absolute Gasteiger partial charge is 0.206 e. The molecule has 1 aromatic carbocycles. The van der Waals surface area contributed by atoms with E-state index in [4.69, 9.17) is 0 Å².